The largest absolute Gasteiger partial charge is 0.481 e. The highest BCUT2D eigenvalue weighted by Crippen LogP contribution is 2.22. The standard InChI is InChI=1S/C14H26N2O4/c1-10(2)4-6-20-7-5-15-14(19)16-8-11(3)12(9-16)13(17)18/h10-12H,4-9H2,1-3H3,(H,15,19)(H,17,18)/t11-,12-/m1/s1. The number of amides is 2. The molecule has 0 unspecified atom stereocenters. The van der Waals surface area contributed by atoms with Crippen LogP contribution in [0.3, 0.4) is 0 Å². The Morgan fingerprint density at radius 1 is 1.35 bits per heavy atom. The van der Waals surface area contributed by atoms with E-state index in [4.69, 9.17) is 9.84 Å². The number of carboxylic acid groups (broad SMARTS) is 1. The molecule has 2 amide bonds. The zero-order valence-electron chi connectivity index (χ0n) is 12.6. The molecule has 1 fully saturated rings. The number of hydrogen-bond donors (Lipinski definition) is 2. The van der Waals surface area contributed by atoms with Gasteiger partial charge in [0.2, 0.25) is 0 Å². The van der Waals surface area contributed by atoms with E-state index < -0.39 is 11.9 Å². The summed E-state index contributed by atoms with van der Waals surface area (Å²) in [4.78, 5) is 24.4. The fourth-order valence-electron chi connectivity index (χ4n) is 2.22. The molecule has 0 bridgehead atoms. The van der Waals surface area contributed by atoms with Gasteiger partial charge in [-0.1, -0.05) is 20.8 Å². The van der Waals surface area contributed by atoms with Gasteiger partial charge in [0.25, 0.3) is 0 Å². The van der Waals surface area contributed by atoms with Gasteiger partial charge in [-0.3, -0.25) is 4.79 Å². The maximum atomic E-state index is 11.9. The lowest BCUT2D eigenvalue weighted by atomic mass is 9.99. The summed E-state index contributed by atoms with van der Waals surface area (Å²) in [6, 6.07) is -0.201. The van der Waals surface area contributed by atoms with Crippen molar-refractivity contribution in [1.82, 2.24) is 10.2 Å². The number of ether oxygens (including phenoxy) is 1. The molecule has 1 aliphatic heterocycles. The maximum absolute atomic E-state index is 11.9. The van der Waals surface area contributed by atoms with Crippen LogP contribution in [0.2, 0.25) is 0 Å². The molecule has 2 atom stereocenters. The van der Waals surface area contributed by atoms with Crippen LogP contribution in [0.5, 0.6) is 0 Å². The van der Waals surface area contributed by atoms with Crippen molar-refractivity contribution in [3.63, 3.8) is 0 Å². The monoisotopic (exact) mass is 286 g/mol. The van der Waals surface area contributed by atoms with E-state index in [0.717, 1.165) is 6.42 Å². The summed E-state index contributed by atoms with van der Waals surface area (Å²) < 4.78 is 5.41. The second kappa shape index (κ2) is 8.09. The molecule has 0 saturated carbocycles. The Hall–Kier alpha value is -1.30. The molecular formula is C14H26N2O4. The third-order valence-electron chi connectivity index (χ3n) is 3.58. The van der Waals surface area contributed by atoms with E-state index in [9.17, 15) is 9.59 Å². The zero-order chi connectivity index (χ0) is 15.1. The van der Waals surface area contributed by atoms with E-state index in [2.05, 4.69) is 19.2 Å². The first-order chi connectivity index (χ1) is 9.41. The van der Waals surface area contributed by atoms with Crippen molar-refractivity contribution >= 4 is 12.0 Å². The van der Waals surface area contributed by atoms with Gasteiger partial charge in [-0.05, 0) is 18.3 Å². The molecule has 0 aromatic rings. The molecule has 1 aliphatic rings. The summed E-state index contributed by atoms with van der Waals surface area (Å²) in [6.45, 7) is 8.57. The molecule has 0 aromatic heterocycles. The summed E-state index contributed by atoms with van der Waals surface area (Å²) >= 11 is 0. The molecule has 116 valence electrons. The van der Waals surface area contributed by atoms with Gasteiger partial charge in [-0.25, -0.2) is 4.79 Å². The fraction of sp³-hybridized carbons (Fsp3) is 0.857. The van der Waals surface area contributed by atoms with Crippen LogP contribution < -0.4 is 5.32 Å². The van der Waals surface area contributed by atoms with Crippen molar-refractivity contribution in [2.24, 2.45) is 17.8 Å². The predicted molar refractivity (Wildman–Crippen MR) is 75.5 cm³/mol. The smallest absolute Gasteiger partial charge is 0.317 e. The van der Waals surface area contributed by atoms with Crippen molar-refractivity contribution in [3.05, 3.63) is 0 Å². The summed E-state index contributed by atoms with van der Waals surface area (Å²) in [6.07, 6.45) is 1.01. The molecule has 0 aromatic carbocycles. The SMILES string of the molecule is CC(C)CCOCCNC(=O)N1C[C@@H](C)[C@H](C(=O)O)C1. The number of aliphatic carboxylic acids is 1. The number of hydrogen-bond acceptors (Lipinski definition) is 3. The third-order valence-corrected chi connectivity index (χ3v) is 3.58. The quantitative estimate of drug-likeness (QED) is 0.694. The van der Waals surface area contributed by atoms with Gasteiger partial charge in [0.05, 0.1) is 12.5 Å². The number of nitrogens with zero attached hydrogens (tertiary/aromatic N) is 1. The third kappa shape index (κ3) is 5.36. The van der Waals surface area contributed by atoms with E-state index >= 15 is 0 Å². The zero-order valence-corrected chi connectivity index (χ0v) is 12.6. The Kier molecular flexibility index (Phi) is 6.78. The van der Waals surface area contributed by atoms with Gasteiger partial charge in [0, 0.05) is 26.2 Å². The predicted octanol–water partition coefficient (Wildman–Crippen LogP) is 1.41. The Labute approximate surface area is 120 Å². The molecule has 0 aliphatic carbocycles. The lowest BCUT2D eigenvalue weighted by Gasteiger charge is -2.17. The Morgan fingerprint density at radius 2 is 2.05 bits per heavy atom. The number of carboxylic acids is 1. The first kappa shape index (κ1) is 16.8. The molecule has 0 radical (unpaired) electrons. The molecule has 1 heterocycles. The van der Waals surface area contributed by atoms with Gasteiger partial charge in [0.15, 0.2) is 0 Å². The van der Waals surface area contributed by atoms with Crippen LogP contribution >= 0.6 is 0 Å². The molecule has 1 saturated heterocycles. The van der Waals surface area contributed by atoms with E-state index in [-0.39, 0.29) is 18.5 Å². The molecule has 0 spiro atoms. The first-order valence-corrected chi connectivity index (χ1v) is 7.25. The number of likely N-dealkylation sites (tertiary alicyclic amines) is 1. The van der Waals surface area contributed by atoms with Crippen LogP contribution in [0.25, 0.3) is 0 Å². The number of carbonyl (C=O) groups is 2. The van der Waals surface area contributed by atoms with Crippen molar-refractivity contribution < 1.29 is 19.4 Å². The molecule has 1 rings (SSSR count). The molecule has 6 nitrogen and oxygen atoms in total. The average Bonchev–Trinajstić information content (AvgIpc) is 2.75. The van der Waals surface area contributed by atoms with E-state index in [0.29, 0.717) is 32.2 Å². The van der Waals surface area contributed by atoms with E-state index in [1.165, 1.54) is 0 Å². The van der Waals surface area contributed by atoms with Crippen molar-refractivity contribution in [1.29, 1.82) is 0 Å². The second-order valence-corrected chi connectivity index (χ2v) is 5.85. The lowest BCUT2D eigenvalue weighted by molar-refractivity contribution is -0.142. The minimum Gasteiger partial charge on any atom is -0.481 e. The normalized spacial score (nSPS) is 22.3. The number of rotatable bonds is 7. The fourth-order valence-corrected chi connectivity index (χ4v) is 2.22. The van der Waals surface area contributed by atoms with Gasteiger partial charge in [-0.2, -0.15) is 0 Å². The average molecular weight is 286 g/mol. The van der Waals surface area contributed by atoms with Gasteiger partial charge >= 0.3 is 12.0 Å². The summed E-state index contributed by atoms with van der Waals surface area (Å²) in [5.74, 6) is -0.669. The topological polar surface area (TPSA) is 78.9 Å². The minimum absolute atomic E-state index is 0.000502. The van der Waals surface area contributed by atoms with Gasteiger partial charge < -0.3 is 20.1 Å². The molecule has 2 N–H and O–H groups in total. The Bertz CT molecular complexity index is 333. The lowest BCUT2D eigenvalue weighted by Crippen LogP contribution is -2.40. The van der Waals surface area contributed by atoms with Crippen LogP contribution in [0.4, 0.5) is 4.79 Å². The van der Waals surface area contributed by atoms with Crippen LogP contribution in [0.1, 0.15) is 27.2 Å². The van der Waals surface area contributed by atoms with Crippen LogP contribution in [0, 0.1) is 17.8 Å². The number of carbonyl (C=O) groups excluding carboxylic acids is 1. The van der Waals surface area contributed by atoms with E-state index in [1.807, 2.05) is 6.92 Å². The second-order valence-electron chi connectivity index (χ2n) is 5.85. The highest BCUT2D eigenvalue weighted by Gasteiger charge is 2.36. The van der Waals surface area contributed by atoms with Crippen molar-refractivity contribution in [2.45, 2.75) is 27.2 Å². The summed E-state index contributed by atoms with van der Waals surface area (Å²) in [5, 5.41) is 11.8. The highest BCUT2D eigenvalue weighted by atomic mass is 16.5. The number of urea groups is 1. The summed E-state index contributed by atoms with van der Waals surface area (Å²) in [7, 11) is 0. The van der Waals surface area contributed by atoms with Crippen LogP contribution in [-0.2, 0) is 9.53 Å². The van der Waals surface area contributed by atoms with E-state index in [1.54, 1.807) is 4.90 Å². The van der Waals surface area contributed by atoms with Crippen molar-refractivity contribution in [3.8, 4) is 0 Å². The van der Waals surface area contributed by atoms with Gasteiger partial charge in [-0.15, -0.1) is 0 Å². The number of nitrogens with one attached hydrogen (secondary N) is 1. The Morgan fingerprint density at radius 3 is 2.60 bits per heavy atom. The maximum Gasteiger partial charge on any atom is 0.317 e. The summed E-state index contributed by atoms with van der Waals surface area (Å²) in [5.41, 5.74) is 0. The first-order valence-electron chi connectivity index (χ1n) is 7.25. The van der Waals surface area contributed by atoms with Gasteiger partial charge in [0.1, 0.15) is 0 Å². The minimum atomic E-state index is -0.829. The molecular weight excluding hydrogens is 260 g/mol. The highest BCUT2D eigenvalue weighted by molar-refractivity contribution is 5.77. The molecule has 20 heavy (non-hydrogen) atoms. The van der Waals surface area contributed by atoms with Crippen molar-refractivity contribution in [2.75, 3.05) is 32.8 Å². The Balaban J connectivity index is 2.16. The molecule has 6 heteroatoms. The van der Waals surface area contributed by atoms with Crippen LogP contribution in [0.15, 0.2) is 0 Å². The van der Waals surface area contributed by atoms with Crippen LogP contribution in [-0.4, -0.2) is 54.9 Å².